The predicted molar refractivity (Wildman–Crippen MR) is 53.8 cm³/mol. The number of hydrogen-bond donors (Lipinski definition) is 0. The molecule has 0 aliphatic heterocycles. The van der Waals surface area contributed by atoms with Crippen LogP contribution < -0.4 is 5.56 Å². The highest BCUT2D eigenvalue weighted by Crippen LogP contribution is 2.02. The molecule has 0 aliphatic rings. The van der Waals surface area contributed by atoms with Crippen molar-refractivity contribution in [2.75, 3.05) is 0 Å². The highest BCUT2D eigenvalue weighted by Gasteiger charge is 1.99. The summed E-state index contributed by atoms with van der Waals surface area (Å²) in [5.41, 5.74) is 0.592. The number of rotatable bonds is 1. The molecule has 0 aliphatic carbocycles. The van der Waals surface area contributed by atoms with E-state index in [9.17, 15) is 4.79 Å². The standard InChI is InChI=1S/C8H7IN2O/c1-6-4-7(9)5-11(3-2-10)8(6)12/h4-5H,3H2,1H3. The van der Waals surface area contributed by atoms with Gasteiger partial charge < -0.3 is 4.57 Å². The first-order valence-corrected chi connectivity index (χ1v) is 4.46. The van der Waals surface area contributed by atoms with Crippen molar-refractivity contribution in [2.24, 2.45) is 0 Å². The average molecular weight is 274 g/mol. The van der Waals surface area contributed by atoms with Crippen LogP contribution in [0.25, 0.3) is 0 Å². The quantitative estimate of drug-likeness (QED) is 0.724. The molecule has 0 unspecified atom stereocenters. The first kappa shape index (κ1) is 9.26. The summed E-state index contributed by atoms with van der Waals surface area (Å²) < 4.78 is 2.39. The highest BCUT2D eigenvalue weighted by atomic mass is 127. The molecular weight excluding hydrogens is 267 g/mol. The molecule has 0 aromatic carbocycles. The molecule has 0 fully saturated rings. The molecule has 0 saturated heterocycles. The van der Waals surface area contributed by atoms with Gasteiger partial charge in [0.05, 0.1) is 6.07 Å². The number of nitrogens with zero attached hydrogens (tertiary/aromatic N) is 2. The normalized spacial score (nSPS) is 9.42. The summed E-state index contributed by atoms with van der Waals surface area (Å²) in [7, 11) is 0. The van der Waals surface area contributed by atoms with Crippen molar-refractivity contribution >= 4 is 22.6 Å². The second kappa shape index (κ2) is 3.72. The molecule has 1 aromatic rings. The minimum Gasteiger partial charge on any atom is -0.300 e. The molecule has 3 nitrogen and oxygen atoms in total. The van der Waals surface area contributed by atoms with Crippen LogP contribution in [0.1, 0.15) is 5.56 Å². The minimum atomic E-state index is -0.0861. The van der Waals surface area contributed by atoms with Crippen molar-refractivity contribution in [3.05, 3.63) is 31.8 Å². The molecule has 1 aromatic heterocycles. The van der Waals surface area contributed by atoms with E-state index in [2.05, 4.69) is 22.6 Å². The number of nitriles is 1. The van der Waals surface area contributed by atoms with Crippen molar-refractivity contribution in [1.29, 1.82) is 5.26 Å². The number of halogens is 1. The van der Waals surface area contributed by atoms with Gasteiger partial charge in [-0.3, -0.25) is 4.79 Å². The third kappa shape index (κ3) is 1.85. The fourth-order valence-electron chi connectivity index (χ4n) is 0.933. The van der Waals surface area contributed by atoms with Crippen LogP contribution in [-0.4, -0.2) is 4.57 Å². The van der Waals surface area contributed by atoms with E-state index in [4.69, 9.17) is 5.26 Å². The summed E-state index contributed by atoms with van der Waals surface area (Å²) in [5, 5.41) is 8.41. The summed E-state index contributed by atoms with van der Waals surface area (Å²) in [6, 6.07) is 3.74. The van der Waals surface area contributed by atoms with Gasteiger partial charge in [0.1, 0.15) is 6.54 Å². The van der Waals surface area contributed by atoms with E-state index in [-0.39, 0.29) is 12.1 Å². The van der Waals surface area contributed by atoms with Gasteiger partial charge in [0, 0.05) is 15.3 Å². The van der Waals surface area contributed by atoms with Gasteiger partial charge in [-0.1, -0.05) is 0 Å². The van der Waals surface area contributed by atoms with Crippen molar-refractivity contribution in [2.45, 2.75) is 13.5 Å². The van der Waals surface area contributed by atoms with Crippen LogP contribution in [-0.2, 0) is 6.54 Å². The van der Waals surface area contributed by atoms with Gasteiger partial charge in [-0.25, -0.2) is 0 Å². The molecule has 0 N–H and O–H groups in total. The molecular formula is C8H7IN2O. The van der Waals surface area contributed by atoms with Crippen LogP contribution in [0.3, 0.4) is 0 Å². The zero-order chi connectivity index (χ0) is 9.14. The molecule has 1 rings (SSSR count). The van der Waals surface area contributed by atoms with E-state index in [1.54, 1.807) is 19.2 Å². The Labute approximate surface area is 83.8 Å². The van der Waals surface area contributed by atoms with Crippen LogP contribution in [0.15, 0.2) is 17.1 Å². The Morgan fingerprint density at radius 2 is 2.42 bits per heavy atom. The smallest absolute Gasteiger partial charge is 0.254 e. The second-order valence-corrected chi connectivity index (χ2v) is 3.68. The van der Waals surface area contributed by atoms with Gasteiger partial charge in [-0.15, -0.1) is 0 Å². The zero-order valence-electron chi connectivity index (χ0n) is 6.54. The Balaban J connectivity index is 3.30. The second-order valence-electron chi connectivity index (χ2n) is 2.43. The summed E-state index contributed by atoms with van der Waals surface area (Å²) in [6.07, 6.45) is 1.68. The topological polar surface area (TPSA) is 45.8 Å². The fraction of sp³-hybridized carbons (Fsp3) is 0.250. The molecule has 12 heavy (non-hydrogen) atoms. The Kier molecular flexibility index (Phi) is 2.87. The third-order valence-electron chi connectivity index (χ3n) is 1.47. The van der Waals surface area contributed by atoms with Crippen LogP contribution in [0.5, 0.6) is 0 Å². The monoisotopic (exact) mass is 274 g/mol. The van der Waals surface area contributed by atoms with Crippen LogP contribution in [0.2, 0.25) is 0 Å². The SMILES string of the molecule is Cc1cc(I)cn(CC#N)c1=O. The maximum atomic E-state index is 11.3. The number of aromatic nitrogens is 1. The first-order valence-electron chi connectivity index (χ1n) is 3.38. The number of hydrogen-bond acceptors (Lipinski definition) is 2. The lowest BCUT2D eigenvalue weighted by molar-refractivity contribution is 0.776. The van der Waals surface area contributed by atoms with Gasteiger partial charge in [0.2, 0.25) is 0 Å². The van der Waals surface area contributed by atoms with Crippen LogP contribution in [0, 0.1) is 21.8 Å². The van der Waals surface area contributed by atoms with Crippen molar-refractivity contribution in [1.82, 2.24) is 4.57 Å². The van der Waals surface area contributed by atoms with E-state index in [0.717, 1.165) is 3.57 Å². The maximum Gasteiger partial charge on any atom is 0.254 e. The molecule has 1 heterocycles. The van der Waals surface area contributed by atoms with Gasteiger partial charge in [-0.05, 0) is 35.6 Å². The Bertz CT molecular complexity index is 389. The maximum absolute atomic E-state index is 11.3. The Morgan fingerprint density at radius 3 is 3.00 bits per heavy atom. The summed E-state index contributed by atoms with van der Waals surface area (Å²) in [6.45, 7) is 1.87. The molecule has 0 amide bonds. The van der Waals surface area contributed by atoms with Crippen LogP contribution in [0.4, 0.5) is 0 Å². The molecule has 62 valence electrons. The lowest BCUT2D eigenvalue weighted by Crippen LogP contribution is -2.21. The first-order chi connectivity index (χ1) is 5.65. The van der Waals surface area contributed by atoms with Gasteiger partial charge >= 0.3 is 0 Å². The van der Waals surface area contributed by atoms with Gasteiger partial charge in [0.25, 0.3) is 5.56 Å². The van der Waals surface area contributed by atoms with Gasteiger partial charge in [-0.2, -0.15) is 5.26 Å². The molecule has 0 saturated carbocycles. The Morgan fingerprint density at radius 1 is 1.75 bits per heavy atom. The molecule has 0 spiro atoms. The fourth-order valence-corrected chi connectivity index (χ4v) is 1.74. The highest BCUT2D eigenvalue weighted by molar-refractivity contribution is 14.1. The third-order valence-corrected chi connectivity index (χ3v) is 2.06. The summed E-state index contributed by atoms with van der Waals surface area (Å²) in [5.74, 6) is 0. The number of aryl methyl sites for hydroxylation is 1. The molecule has 0 atom stereocenters. The molecule has 0 radical (unpaired) electrons. The van der Waals surface area contributed by atoms with E-state index < -0.39 is 0 Å². The molecule has 0 bridgehead atoms. The van der Waals surface area contributed by atoms with Crippen molar-refractivity contribution in [3.63, 3.8) is 0 Å². The van der Waals surface area contributed by atoms with E-state index in [1.807, 2.05) is 6.07 Å². The van der Waals surface area contributed by atoms with Crippen molar-refractivity contribution in [3.8, 4) is 6.07 Å². The number of pyridine rings is 1. The lowest BCUT2D eigenvalue weighted by atomic mass is 10.3. The summed E-state index contributed by atoms with van der Waals surface area (Å²) >= 11 is 2.12. The Hall–Kier alpha value is -0.830. The predicted octanol–water partition coefficient (Wildman–Crippen LogP) is 1.28. The van der Waals surface area contributed by atoms with Crippen molar-refractivity contribution < 1.29 is 0 Å². The largest absolute Gasteiger partial charge is 0.300 e. The zero-order valence-corrected chi connectivity index (χ0v) is 8.70. The average Bonchev–Trinajstić information content (AvgIpc) is 2.00. The van der Waals surface area contributed by atoms with E-state index in [1.165, 1.54) is 4.57 Å². The summed E-state index contributed by atoms with van der Waals surface area (Å²) in [4.78, 5) is 11.3. The van der Waals surface area contributed by atoms with Gasteiger partial charge in [0.15, 0.2) is 0 Å². The minimum absolute atomic E-state index is 0.0861. The lowest BCUT2D eigenvalue weighted by Gasteiger charge is -2.01. The van der Waals surface area contributed by atoms with E-state index >= 15 is 0 Å². The van der Waals surface area contributed by atoms with Crippen LogP contribution >= 0.6 is 22.6 Å². The van der Waals surface area contributed by atoms with E-state index in [0.29, 0.717) is 5.56 Å². The molecule has 4 heteroatoms.